The van der Waals surface area contributed by atoms with Gasteiger partial charge in [-0.2, -0.15) is 0 Å². The normalized spacial score (nSPS) is 12.2. The van der Waals surface area contributed by atoms with Crippen LogP contribution >= 0.6 is 12.4 Å². The minimum Gasteiger partial charge on any atom is -0.495 e. The van der Waals surface area contributed by atoms with E-state index in [9.17, 15) is 13.2 Å². The fraction of sp³-hybridized carbons (Fsp3) is 0.533. The van der Waals surface area contributed by atoms with Gasteiger partial charge in [0.25, 0.3) is 5.91 Å². The Morgan fingerprint density at radius 1 is 1.38 bits per heavy atom. The van der Waals surface area contributed by atoms with E-state index in [1.165, 1.54) is 32.4 Å². The van der Waals surface area contributed by atoms with Crippen molar-refractivity contribution in [2.45, 2.75) is 37.1 Å². The van der Waals surface area contributed by atoms with Crippen LogP contribution in [-0.2, 0) is 10.0 Å². The second kappa shape index (κ2) is 10.5. The van der Waals surface area contributed by atoms with Crippen LogP contribution in [-0.4, -0.2) is 41.1 Å². The van der Waals surface area contributed by atoms with Gasteiger partial charge in [0.1, 0.15) is 10.6 Å². The topological polar surface area (TPSA) is 111 Å². The number of unbranched alkanes of at least 4 members (excludes halogenated alkanes) is 1. The van der Waals surface area contributed by atoms with Gasteiger partial charge in [-0.3, -0.25) is 4.79 Å². The van der Waals surface area contributed by atoms with Crippen LogP contribution in [0.15, 0.2) is 23.1 Å². The van der Waals surface area contributed by atoms with Gasteiger partial charge in [0.05, 0.1) is 7.11 Å². The van der Waals surface area contributed by atoms with Crippen molar-refractivity contribution in [3.8, 4) is 5.75 Å². The molecule has 24 heavy (non-hydrogen) atoms. The number of ether oxygens (including phenoxy) is 1. The van der Waals surface area contributed by atoms with E-state index in [1.807, 2.05) is 0 Å². The summed E-state index contributed by atoms with van der Waals surface area (Å²) in [6.45, 7) is 2.40. The Balaban J connectivity index is 0.00000529. The van der Waals surface area contributed by atoms with Gasteiger partial charge >= 0.3 is 0 Å². The molecule has 9 heteroatoms. The number of hydrogen-bond donors (Lipinski definition) is 3. The molecule has 0 saturated carbocycles. The molecule has 1 unspecified atom stereocenters. The van der Waals surface area contributed by atoms with Crippen LogP contribution in [0.5, 0.6) is 5.75 Å². The Morgan fingerprint density at radius 2 is 2.04 bits per heavy atom. The predicted octanol–water partition coefficient (Wildman–Crippen LogP) is 1.27. The van der Waals surface area contributed by atoms with Gasteiger partial charge in [-0.25, -0.2) is 13.1 Å². The molecular formula is C15H26ClN3O4S. The molecule has 0 fully saturated rings. The van der Waals surface area contributed by atoms with Crippen molar-refractivity contribution >= 4 is 28.3 Å². The summed E-state index contributed by atoms with van der Waals surface area (Å²) in [5.41, 5.74) is 5.91. The monoisotopic (exact) mass is 379 g/mol. The minimum absolute atomic E-state index is 0. The van der Waals surface area contributed by atoms with Gasteiger partial charge in [0, 0.05) is 18.2 Å². The fourth-order valence-electron chi connectivity index (χ4n) is 2.11. The predicted molar refractivity (Wildman–Crippen MR) is 96.3 cm³/mol. The zero-order valence-electron chi connectivity index (χ0n) is 14.2. The summed E-state index contributed by atoms with van der Waals surface area (Å²) in [5, 5.41) is 2.83. The number of sulfonamides is 1. The Morgan fingerprint density at radius 3 is 2.54 bits per heavy atom. The standard InChI is InChI=1S/C15H25N3O4S.ClH/c1-4-5-6-12(10-16)18-15(19)11-7-8-13(22-3)14(9-11)23(20,21)17-2;/h7-9,12,17H,4-6,10,16H2,1-3H3,(H,18,19);1H. The zero-order valence-corrected chi connectivity index (χ0v) is 15.8. The van der Waals surface area contributed by atoms with E-state index in [0.717, 1.165) is 19.3 Å². The molecule has 0 spiro atoms. The van der Waals surface area contributed by atoms with Crippen LogP contribution in [0.4, 0.5) is 0 Å². The van der Waals surface area contributed by atoms with E-state index in [0.29, 0.717) is 6.54 Å². The van der Waals surface area contributed by atoms with Crippen molar-refractivity contribution in [3.63, 3.8) is 0 Å². The molecule has 1 atom stereocenters. The number of nitrogens with two attached hydrogens (primary N) is 1. The highest BCUT2D eigenvalue weighted by Gasteiger charge is 2.21. The lowest BCUT2D eigenvalue weighted by Crippen LogP contribution is -2.40. The number of benzene rings is 1. The van der Waals surface area contributed by atoms with E-state index >= 15 is 0 Å². The van der Waals surface area contributed by atoms with Gasteiger partial charge in [-0.1, -0.05) is 19.8 Å². The number of methoxy groups -OCH3 is 1. The van der Waals surface area contributed by atoms with Crippen molar-refractivity contribution in [1.82, 2.24) is 10.0 Å². The lowest BCUT2D eigenvalue weighted by Gasteiger charge is -2.17. The first-order chi connectivity index (χ1) is 10.9. The number of carbonyl (C=O) groups is 1. The van der Waals surface area contributed by atoms with E-state index in [2.05, 4.69) is 17.0 Å². The van der Waals surface area contributed by atoms with Gasteiger partial charge in [0.15, 0.2) is 0 Å². The highest BCUT2D eigenvalue weighted by atomic mass is 35.5. The number of rotatable bonds is 9. The Hall–Kier alpha value is -1.35. The molecule has 0 saturated heterocycles. The minimum atomic E-state index is -3.72. The summed E-state index contributed by atoms with van der Waals surface area (Å²) in [6, 6.07) is 4.15. The Kier molecular flexibility index (Phi) is 9.91. The molecule has 0 heterocycles. The highest BCUT2D eigenvalue weighted by Crippen LogP contribution is 2.24. The second-order valence-electron chi connectivity index (χ2n) is 5.12. The molecule has 1 aromatic rings. The first kappa shape index (κ1) is 22.6. The number of hydrogen-bond acceptors (Lipinski definition) is 5. The zero-order chi connectivity index (χ0) is 17.5. The lowest BCUT2D eigenvalue weighted by molar-refractivity contribution is 0.0935. The number of amides is 1. The summed E-state index contributed by atoms with van der Waals surface area (Å²) in [5.74, 6) is -0.177. The van der Waals surface area contributed by atoms with Crippen molar-refractivity contribution in [3.05, 3.63) is 23.8 Å². The molecule has 0 aliphatic rings. The van der Waals surface area contributed by atoms with E-state index in [-0.39, 0.29) is 40.6 Å². The molecule has 0 aliphatic carbocycles. The Labute approximate surface area is 149 Å². The lowest BCUT2D eigenvalue weighted by atomic mass is 10.1. The summed E-state index contributed by atoms with van der Waals surface area (Å²) >= 11 is 0. The van der Waals surface area contributed by atoms with Crippen LogP contribution in [0.2, 0.25) is 0 Å². The third kappa shape index (κ3) is 5.94. The van der Waals surface area contributed by atoms with Gasteiger partial charge in [-0.05, 0) is 31.7 Å². The van der Waals surface area contributed by atoms with Crippen LogP contribution in [0.3, 0.4) is 0 Å². The van der Waals surface area contributed by atoms with Gasteiger partial charge in [0.2, 0.25) is 10.0 Å². The van der Waals surface area contributed by atoms with Crippen molar-refractivity contribution < 1.29 is 17.9 Å². The third-order valence-electron chi connectivity index (χ3n) is 3.51. The molecule has 0 aliphatic heterocycles. The molecule has 1 rings (SSSR count). The summed E-state index contributed by atoms with van der Waals surface area (Å²) in [7, 11) is -1.05. The quantitative estimate of drug-likeness (QED) is 0.598. The molecule has 7 nitrogen and oxygen atoms in total. The van der Waals surface area contributed by atoms with Crippen molar-refractivity contribution in [2.24, 2.45) is 5.73 Å². The summed E-state index contributed by atoms with van der Waals surface area (Å²) in [6.07, 6.45) is 2.76. The first-order valence-electron chi connectivity index (χ1n) is 7.52. The SMILES string of the molecule is CCCCC(CN)NC(=O)c1ccc(OC)c(S(=O)(=O)NC)c1.Cl. The second-order valence-corrected chi connectivity index (χ2v) is 6.98. The average Bonchev–Trinajstić information content (AvgIpc) is 2.57. The third-order valence-corrected chi connectivity index (χ3v) is 4.95. The van der Waals surface area contributed by atoms with E-state index in [1.54, 1.807) is 0 Å². The van der Waals surface area contributed by atoms with Gasteiger partial charge in [-0.15, -0.1) is 12.4 Å². The van der Waals surface area contributed by atoms with Crippen LogP contribution in [0.1, 0.15) is 36.5 Å². The number of nitrogens with one attached hydrogen (secondary N) is 2. The van der Waals surface area contributed by atoms with E-state index in [4.69, 9.17) is 10.5 Å². The largest absolute Gasteiger partial charge is 0.495 e. The smallest absolute Gasteiger partial charge is 0.251 e. The molecule has 1 aromatic carbocycles. The molecule has 0 aromatic heterocycles. The first-order valence-corrected chi connectivity index (χ1v) is 9.00. The molecule has 0 bridgehead atoms. The fourth-order valence-corrected chi connectivity index (χ4v) is 3.02. The van der Waals surface area contributed by atoms with Crippen molar-refractivity contribution in [2.75, 3.05) is 20.7 Å². The van der Waals surface area contributed by atoms with E-state index < -0.39 is 10.0 Å². The van der Waals surface area contributed by atoms with Crippen LogP contribution in [0.25, 0.3) is 0 Å². The molecule has 1 amide bonds. The maximum absolute atomic E-state index is 12.3. The Bertz CT molecular complexity index is 638. The van der Waals surface area contributed by atoms with Crippen LogP contribution < -0.4 is 20.5 Å². The van der Waals surface area contributed by atoms with Crippen molar-refractivity contribution in [1.29, 1.82) is 0 Å². The average molecular weight is 380 g/mol. The summed E-state index contributed by atoms with van der Waals surface area (Å²) in [4.78, 5) is 12.2. The number of carbonyl (C=O) groups excluding carboxylic acids is 1. The van der Waals surface area contributed by atoms with Gasteiger partial charge < -0.3 is 15.8 Å². The van der Waals surface area contributed by atoms with Crippen LogP contribution in [0, 0.1) is 0 Å². The molecular weight excluding hydrogens is 354 g/mol. The summed E-state index contributed by atoms with van der Waals surface area (Å²) < 4.78 is 31.3. The highest BCUT2D eigenvalue weighted by molar-refractivity contribution is 7.89. The molecule has 4 N–H and O–H groups in total. The molecule has 0 radical (unpaired) electrons. The molecule has 138 valence electrons. The maximum atomic E-state index is 12.3. The number of halogens is 1. The maximum Gasteiger partial charge on any atom is 0.251 e.